The van der Waals surface area contributed by atoms with Crippen molar-refractivity contribution in [2.24, 2.45) is 5.14 Å². The minimum atomic E-state index is -3.84. The predicted octanol–water partition coefficient (Wildman–Crippen LogP) is -0.0777. The van der Waals surface area contributed by atoms with Crippen LogP contribution >= 0.6 is 0 Å². The number of aryl methyl sites for hydroxylation is 1. The Labute approximate surface area is 121 Å². The molecule has 2 rings (SSSR count). The van der Waals surface area contributed by atoms with E-state index in [2.05, 4.69) is 20.4 Å². The molecule has 1 aromatic carbocycles. The van der Waals surface area contributed by atoms with E-state index in [1.54, 1.807) is 23.0 Å². The molecule has 21 heavy (non-hydrogen) atoms. The van der Waals surface area contributed by atoms with Gasteiger partial charge in [0.1, 0.15) is 0 Å². The van der Waals surface area contributed by atoms with Gasteiger partial charge in [-0.15, -0.1) is 5.10 Å². The van der Waals surface area contributed by atoms with Crippen LogP contribution in [0.25, 0.3) is 0 Å². The molecule has 0 bridgehead atoms. The van der Waals surface area contributed by atoms with Crippen LogP contribution in [0.2, 0.25) is 0 Å². The van der Waals surface area contributed by atoms with E-state index in [0.29, 0.717) is 12.2 Å². The smallest absolute Gasteiger partial charge is 0.296 e. The summed E-state index contributed by atoms with van der Waals surface area (Å²) in [5.41, 5.74) is 0.735. The highest BCUT2D eigenvalue weighted by Crippen LogP contribution is 2.15. The maximum atomic E-state index is 11.8. The number of carbonyl (C=O) groups is 1. The Morgan fingerprint density at radius 2 is 2.10 bits per heavy atom. The first-order chi connectivity index (χ1) is 9.92. The van der Waals surface area contributed by atoms with Gasteiger partial charge >= 0.3 is 0 Å². The van der Waals surface area contributed by atoms with Gasteiger partial charge in [-0.05, 0) is 18.2 Å². The molecule has 0 aliphatic rings. The zero-order valence-corrected chi connectivity index (χ0v) is 11.7. The van der Waals surface area contributed by atoms with E-state index in [1.807, 2.05) is 0 Å². The maximum absolute atomic E-state index is 11.8. The van der Waals surface area contributed by atoms with Gasteiger partial charge in [0.2, 0.25) is 5.91 Å². The van der Waals surface area contributed by atoms with E-state index in [1.165, 1.54) is 18.3 Å². The van der Waals surface area contributed by atoms with Crippen molar-refractivity contribution in [3.05, 3.63) is 36.7 Å². The van der Waals surface area contributed by atoms with E-state index >= 15 is 0 Å². The summed E-state index contributed by atoms with van der Waals surface area (Å²) in [5, 5.41) is 14.9. The van der Waals surface area contributed by atoms with Crippen LogP contribution in [0.4, 0.5) is 11.4 Å². The number of anilines is 2. The molecule has 0 radical (unpaired) electrons. The molecule has 0 spiro atoms. The molecule has 1 amide bonds. The van der Waals surface area contributed by atoms with Crippen LogP contribution in [0.1, 0.15) is 6.42 Å². The van der Waals surface area contributed by atoms with Gasteiger partial charge in [-0.3, -0.25) is 14.2 Å². The molecule has 0 saturated carbocycles. The molecular formula is C11H14N6O3S. The number of nitrogens with one attached hydrogen (secondary N) is 2. The largest absolute Gasteiger partial charge is 0.326 e. The highest BCUT2D eigenvalue weighted by atomic mass is 32.2. The first-order valence-electron chi connectivity index (χ1n) is 5.97. The second-order valence-electron chi connectivity index (χ2n) is 4.19. The molecule has 112 valence electrons. The SMILES string of the molecule is NS(=O)(=O)Nc1cccc(NC(=O)CCn2ccnn2)c1. The Morgan fingerprint density at radius 3 is 2.76 bits per heavy atom. The molecule has 1 aromatic heterocycles. The average molecular weight is 310 g/mol. The number of nitrogens with two attached hydrogens (primary N) is 1. The van der Waals surface area contributed by atoms with Crippen LogP contribution < -0.4 is 15.2 Å². The molecule has 0 saturated heterocycles. The standard InChI is InChI=1S/C11H14N6O3S/c12-21(19,20)15-10-3-1-2-9(8-10)14-11(18)4-6-17-7-5-13-16-17/h1-3,5,7-8,15H,4,6H2,(H,14,18)(H2,12,19,20). The fraction of sp³-hybridized carbons (Fsp3) is 0.182. The van der Waals surface area contributed by atoms with Crippen molar-refractivity contribution in [3.63, 3.8) is 0 Å². The van der Waals surface area contributed by atoms with Gasteiger partial charge in [-0.1, -0.05) is 11.3 Å². The van der Waals surface area contributed by atoms with E-state index in [-0.39, 0.29) is 18.0 Å². The Balaban J connectivity index is 1.93. The van der Waals surface area contributed by atoms with Gasteiger partial charge in [0.25, 0.3) is 10.2 Å². The third-order valence-electron chi connectivity index (χ3n) is 2.45. The van der Waals surface area contributed by atoms with Crippen LogP contribution in [-0.4, -0.2) is 29.3 Å². The van der Waals surface area contributed by atoms with Crippen LogP contribution in [0.5, 0.6) is 0 Å². The molecule has 0 unspecified atom stereocenters. The van der Waals surface area contributed by atoms with Crippen molar-refractivity contribution in [1.82, 2.24) is 15.0 Å². The van der Waals surface area contributed by atoms with Crippen molar-refractivity contribution in [1.29, 1.82) is 0 Å². The molecule has 0 fully saturated rings. The number of nitrogens with zero attached hydrogens (tertiary/aromatic N) is 3. The van der Waals surface area contributed by atoms with E-state index < -0.39 is 10.2 Å². The van der Waals surface area contributed by atoms with Crippen molar-refractivity contribution >= 4 is 27.5 Å². The van der Waals surface area contributed by atoms with Gasteiger partial charge in [0.05, 0.1) is 18.4 Å². The second-order valence-corrected chi connectivity index (χ2v) is 5.49. The van der Waals surface area contributed by atoms with Gasteiger partial charge < -0.3 is 5.32 Å². The van der Waals surface area contributed by atoms with Crippen LogP contribution in [0, 0.1) is 0 Å². The summed E-state index contributed by atoms with van der Waals surface area (Å²) in [4.78, 5) is 11.8. The van der Waals surface area contributed by atoms with Gasteiger partial charge in [0.15, 0.2) is 0 Å². The number of hydrogen-bond acceptors (Lipinski definition) is 5. The minimum Gasteiger partial charge on any atom is -0.326 e. The summed E-state index contributed by atoms with van der Waals surface area (Å²) in [6, 6.07) is 6.23. The van der Waals surface area contributed by atoms with Crippen molar-refractivity contribution in [2.45, 2.75) is 13.0 Å². The first-order valence-corrected chi connectivity index (χ1v) is 7.51. The fourth-order valence-electron chi connectivity index (χ4n) is 1.62. The Kier molecular flexibility index (Phi) is 4.50. The molecule has 2 aromatic rings. The molecule has 0 atom stereocenters. The summed E-state index contributed by atoms with van der Waals surface area (Å²) >= 11 is 0. The molecule has 4 N–H and O–H groups in total. The Hall–Kier alpha value is -2.46. The molecule has 9 nitrogen and oxygen atoms in total. The Bertz CT molecular complexity index is 713. The lowest BCUT2D eigenvalue weighted by molar-refractivity contribution is -0.116. The Morgan fingerprint density at radius 1 is 1.33 bits per heavy atom. The molecule has 0 aliphatic heterocycles. The zero-order chi connectivity index (χ0) is 15.3. The third-order valence-corrected chi connectivity index (χ3v) is 2.97. The first kappa shape index (κ1) is 14.9. The number of hydrogen-bond donors (Lipinski definition) is 3. The maximum Gasteiger partial charge on any atom is 0.296 e. The molecule has 10 heteroatoms. The predicted molar refractivity (Wildman–Crippen MR) is 76.4 cm³/mol. The van der Waals surface area contributed by atoms with Crippen molar-refractivity contribution in [3.8, 4) is 0 Å². The van der Waals surface area contributed by atoms with Crippen LogP contribution in [0.3, 0.4) is 0 Å². The summed E-state index contributed by atoms with van der Waals surface area (Å²) in [6.07, 6.45) is 3.40. The van der Waals surface area contributed by atoms with Gasteiger partial charge in [-0.2, -0.15) is 8.42 Å². The third kappa shape index (κ3) is 5.20. The quantitative estimate of drug-likeness (QED) is 0.686. The molecular weight excluding hydrogens is 296 g/mol. The number of rotatable bonds is 6. The number of benzene rings is 1. The second kappa shape index (κ2) is 6.33. The lowest BCUT2D eigenvalue weighted by atomic mass is 10.2. The normalized spacial score (nSPS) is 11.1. The monoisotopic (exact) mass is 310 g/mol. The number of aromatic nitrogens is 3. The average Bonchev–Trinajstić information content (AvgIpc) is 2.87. The minimum absolute atomic E-state index is 0.218. The zero-order valence-electron chi connectivity index (χ0n) is 10.9. The van der Waals surface area contributed by atoms with E-state index in [4.69, 9.17) is 5.14 Å². The summed E-state index contributed by atoms with van der Waals surface area (Å²) in [6.45, 7) is 0.404. The molecule has 0 aliphatic carbocycles. The van der Waals surface area contributed by atoms with E-state index in [9.17, 15) is 13.2 Å². The summed E-state index contributed by atoms with van der Waals surface area (Å²) in [5.74, 6) is -0.224. The van der Waals surface area contributed by atoms with Crippen LogP contribution in [0.15, 0.2) is 36.7 Å². The summed E-state index contributed by atoms with van der Waals surface area (Å²) < 4.78 is 25.5. The fourth-order valence-corrected chi connectivity index (χ4v) is 2.07. The van der Waals surface area contributed by atoms with Crippen LogP contribution in [-0.2, 0) is 21.5 Å². The molecule has 1 heterocycles. The van der Waals surface area contributed by atoms with E-state index in [0.717, 1.165) is 0 Å². The highest BCUT2D eigenvalue weighted by Gasteiger charge is 2.06. The van der Waals surface area contributed by atoms with Gasteiger partial charge in [-0.25, -0.2) is 5.14 Å². The van der Waals surface area contributed by atoms with Crippen molar-refractivity contribution < 1.29 is 13.2 Å². The number of amides is 1. The lowest BCUT2D eigenvalue weighted by Gasteiger charge is -2.08. The topological polar surface area (TPSA) is 132 Å². The highest BCUT2D eigenvalue weighted by molar-refractivity contribution is 7.90. The lowest BCUT2D eigenvalue weighted by Crippen LogP contribution is -2.21. The number of carbonyl (C=O) groups excluding carboxylic acids is 1. The van der Waals surface area contributed by atoms with Gasteiger partial charge in [0, 0.05) is 18.3 Å². The van der Waals surface area contributed by atoms with Crippen molar-refractivity contribution in [2.75, 3.05) is 10.0 Å². The summed E-state index contributed by atoms with van der Waals surface area (Å²) in [7, 11) is -3.84.